The van der Waals surface area contributed by atoms with Crippen molar-refractivity contribution in [2.45, 2.75) is 6.92 Å². The maximum absolute atomic E-state index is 13.2. The third-order valence-electron chi connectivity index (χ3n) is 1.87. The van der Waals surface area contributed by atoms with Crippen LogP contribution in [0, 0.1) is 12.7 Å². The summed E-state index contributed by atoms with van der Waals surface area (Å²) in [5.74, 6) is -0.906. The minimum absolute atomic E-state index is 0.00987. The largest absolute Gasteiger partial charge is 0.325 e. The van der Waals surface area contributed by atoms with Gasteiger partial charge in [-0.15, -0.1) is 0 Å². The number of hydrogen-bond acceptors (Lipinski definition) is 2. The zero-order valence-electron chi connectivity index (χ0n) is 8.01. The summed E-state index contributed by atoms with van der Waals surface area (Å²) in [4.78, 5) is 21.5. The van der Waals surface area contributed by atoms with Gasteiger partial charge in [0, 0.05) is 5.69 Å². The molecule has 0 radical (unpaired) electrons. The Morgan fingerprint density at radius 1 is 1.60 bits per heavy atom. The smallest absolute Gasteiger partial charge is 0.235 e. The Balaban J connectivity index is 3.05. The number of alkyl halides is 1. The normalized spacial score (nSPS) is 9.80. The van der Waals surface area contributed by atoms with Crippen LogP contribution in [0.5, 0.6) is 0 Å². The highest BCUT2D eigenvalue weighted by molar-refractivity contribution is 9.09. The molecular formula is C10H9BrFNO2. The van der Waals surface area contributed by atoms with Crippen LogP contribution >= 0.6 is 15.9 Å². The highest BCUT2D eigenvalue weighted by atomic mass is 79.9. The van der Waals surface area contributed by atoms with Crippen LogP contribution in [0.15, 0.2) is 12.1 Å². The second-order valence-corrected chi connectivity index (χ2v) is 3.55. The SMILES string of the molecule is Cc1cc(C=O)c(F)cc1NC(=O)CBr. The van der Waals surface area contributed by atoms with Crippen LogP contribution in [0.2, 0.25) is 0 Å². The number of hydrogen-bond donors (Lipinski definition) is 1. The van der Waals surface area contributed by atoms with Crippen molar-refractivity contribution in [2.75, 3.05) is 10.6 Å². The lowest BCUT2D eigenvalue weighted by Gasteiger charge is -2.08. The van der Waals surface area contributed by atoms with Gasteiger partial charge in [0.1, 0.15) is 5.82 Å². The van der Waals surface area contributed by atoms with E-state index >= 15 is 0 Å². The molecule has 1 N–H and O–H groups in total. The van der Waals surface area contributed by atoms with E-state index in [2.05, 4.69) is 21.2 Å². The predicted octanol–water partition coefficient (Wildman–Crippen LogP) is 2.28. The summed E-state index contributed by atoms with van der Waals surface area (Å²) < 4.78 is 13.2. The van der Waals surface area contributed by atoms with Crippen LogP contribution in [0.25, 0.3) is 0 Å². The van der Waals surface area contributed by atoms with Crippen LogP contribution < -0.4 is 5.32 Å². The van der Waals surface area contributed by atoms with Gasteiger partial charge in [-0.05, 0) is 24.6 Å². The molecule has 0 heterocycles. The molecule has 0 aromatic heterocycles. The van der Waals surface area contributed by atoms with Crippen LogP contribution in [0.4, 0.5) is 10.1 Å². The van der Waals surface area contributed by atoms with Gasteiger partial charge >= 0.3 is 0 Å². The first kappa shape index (κ1) is 11.8. The molecular weight excluding hydrogens is 265 g/mol. The van der Waals surface area contributed by atoms with Gasteiger partial charge in [0.2, 0.25) is 5.91 Å². The number of carbonyl (C=O) groups is 2. The van der Waals surface area contributed by atoms with Crippen molar-refractivity contribution in [1.82, 2.24) is 0 Å². The van der Waals surface area contributed by atoms with E-state index < -0.39 is 5.82 Å². The van der Waals surface area contributed by atoms with Crippen molar-refractivity contribution in [3.8, 4) is 0 Å². The highest BCUT2D eigenvalue weighted by Crippen LogP contribution is 2.19. The van der Waals surface area contributed by atoms with E-state index in [0.717, 1.165) is 6.07 Å². The fraction of sp³-hybridized carbons (Fsp3) is 0.200. The molecule has 1 aromatic carbocycles. The molecule has 80 valence electrons. The van der Waals surface area contributed by atoms with Gasteiger partial charge < -0.3 is 5.32 Å². The molecule has 0 saturated heterocycles. The Morgan fingerprint density at radius 3 is 2.80 bits per heavy atom. The lowest BCUT2D eigenvalue weighted by Crippen LogP contribution is -2.13. The summed E-state index contributed by atoms with van der Waals surface area (Å²) >= 11 is 2.98. The van der Waals surface area contributed by atoms with Gasteiger partial charge in [-0.1, -0.05) is 15.9 Å². The Morgan fingerprint density at radius 2 is 2.27 bits per heavy atom. The Kier molecular flexibility index (Phi) is 3.96. The number of anilines is 1. The number of nitrogens with one attached hydrogen (secondary N) is 1. The van der Waals surface area contributed by atoms with Crippen molar-refractivity contribution in [1.29, 1.82) is 0 Å². The van der Waals surface area contributed by atoms with E-state index in [0.29, 0.717) is 17.5 Å². The molecule has 0 saturated carbocycles. The lowest BCUT2D eigenvalue weighted by molar-refractivity contribution is -0.113. The molecule has 0 aliphatic carbocycles. The first-order chi connectivity index (χ1) is 7.08. The van der Waals surface area contributed by atoms with E-state index in [1.807, 2.05) is 0 Å². The van der Waals surface area contributed by atoms with Crippen molar-refractivity contribution in [3.05, 3.63) is 29.1 Å². The zero-order valence-corrected chi connectivity index (χ0v) is 9.60. The van der Waals surface area contributed by atoms with Crippen LogP contribution in [0.3, 0.4) is 0 Å². The zero-order chi connectivity index (χ0) is 11.4. The number of aryl methyl sites for hydroxylation is 1. The van der Waals surface area contributed by atoms with Crippen LogP contribution in [-0.2, 0) is 4.79 Å². The molecule has 0 atom stereocenters. The van der Waals surface area contributed by atoms with Crippen molar-refractivity contribution in [2.24, 2.45) is 0 Å². The van der Waals surface area contributed by atoms with Gasteiger partial charge in [-0.3, -0.25) is 9.59 Å². The molecule has 0 aliphatic rings. The summed E-state index contributed by atoms with van der Waals surface area (Å²) in [6.07, 6.45) is 0.443. The van der Waals surface area contributed by atoms with E-state index in [-0.39, 0.29) is 16.8 Å². The first-order valence-electron chi connectivity index (χ1n) is 4.19. The number of halogens is 2. The van der Waals surface area contributed by atoms with E-state index in [4.69, 9.17) is 0 Å². The first-order valence-corrected chi connectivity index (χ1v) is 5.31. The van der Waals surface area contributed by atoms with Gasteiger partial charge in [0.15, 0.2) is 6.29 Å². The average molecular weight is 274 g/mol. The number of amides is 1. The fourth-order valence-corrected chi connectivity index (χ4v) is 1.25. The van der Waals surface area contributed by atoms with E-state index in [1.165, 1.54) is 6.07 Å². The van der Waals surface area contributed by atoms with Crippen molar-refractivity contribution >= 4 is 33.8 Å². The lowest BCUT2D eigenvalue weighted by atomic mass is 10.1. The van der Waals surface area contributed by atoms with Crippen LogP contribution in [0.1, 0.15) is 15.9 Å². The quantitative estimate of drug-likeness (QED) is 0.679. The van der Waals surface area contributed by atoms with Gasteiger partial charge in [-0.2, -0.15) is 0 Å². The molecule has 0 bridgehead atoms. The van der Waals surface area contributed by atoms with E-state index in [1.54, 1.807) is 6.92 Å². The number of benzene rings is 1. The summed E-state index contributed by atoms with van der Waals surface area (Å²) in [6, 6.07) is 2.53. The molecule has 15 heavy (non-hydrogen) atoms. The van der Waals surface area contributed by atoms with Gasteiger partial charge in [0.25, 0.3) is 0 Å². The van der Waals surface area contributed by atoms with Crippen LogP contribution in [-0.4, -0.2) is 17.5 Å². The summed E-state index contributed by atoms with van der Waals surface area (Å²) in [7, 11) is 0. The van der Waals surface area contributed by atoms with Gasteiger partial charge in [-0.25, -0.2) is 4.39 Å². The summed E-state index contributed by atoms with van der Waals surface area (Å²) in [6.45, 7) is 1.69. The number of aldehydes is 1. The fourth-order valence-electron chi connectivity index (χ4n) is 1.11. The summed E-state index contributed by atoms with van der Waals surface area (Å²) in [5, 5.41) is 2.65. The molecule has 0 spiro atoms. The molecule has 1 amide bonds. The maximum atomic E-state index is 13.2. The van der Waals surface area contributed by atoms with E-state index in [9.17, 15) is 14.0 Å². The molecule has 3 nitrogen and oxygen atoms in total. The topological polar surface area (TPSA) is 46.2 Å². The minimum atomic E-state index is -0.638. The standard InChI is InChI=1S/C10H9BrFNO2/c1-6-2-7(5-14)8(12)3-9(6)13-10(15)4-11/h2-3,5H,4H2,1H3,(H,13,15). The minimum Gasteiger partial charge on any atom is -0.325 e. The Bertz CT molecular complexity index is 407. The molecule has 0 unspecified atom stereocenters. The Hall–Kier alpha value is -1.23. The molecule has 1 rings (SSSR count). The monoisotopic (exact) mass is 273 g/mol. The molecule has 5 heteroatoms. The third-order valence-corrected chi connectivity index (χ3v) is 2.38. The number of rotatable bonds is 3. The van der Waals surface area contributed by atoms with Crippen molar-refractivity contribution < 1.29 is 14.0 Å². The molecule has 0 aliphatic heterocycles. The predicted molar refractivity (Wildman–Crippen MR) is 58.9 cm³/mol. The average Bonchev–Trinajstić information content (AvgIpc) is 2.22. The Labute approximate surface area is 94.8 Å². The molecule has 0 fully saturated rings. The molecule has 1 aromatic rings. The van der Waals surface area contributed by atoms with Gasteiger partial charge in [0.05, 0.1) is 10.9 Å². The highest BCUT2D eigenvalue weighted by Gasteiger charge is 2.08. The third kappa shape index (κ3) is 2.86. The second-order valence-electron chi connectivity index (χ2n) is 2.99. The maximum Gasteiger partial charge on any atom is 0.235 e. The van der Waals surface area contributed by atoms with Crippen molar-refractivity contribution in [3.63, 3.8) is 0 Å². The second kappa shape index (κ2) is 5.02. The summed E-state index contributed by atoms with van der Waals surface area (Å²) in [5.41, 5.74) is 1.01. The number of carbonyl (C=O) groups excluding carboxylic acids is 2.